The van der Waals surface area contributed by atoms with Crippen molar-refractivity contribution in [1.29, 1.82) is 0 Å². The number of benzene rings is 1. The van der Waals surface area contributed by atoms with Gasteiger partial charge in [0, 0.05) is 27.7 Å². The predicted octanol–water partition coefficient (Wildman–Crippen LogP) is 4.04. The van der Waals surface area contributed by atoms with Gasteiger partial charge in [-0.15, -0.1) is 0 Å². The molecule has 0 saturated carbocycles. The fourth-order valence-corrected chi connectivity index (χ4v) is 4.05. The van der Waals surface area contributed by atoms with Crippen LogP contribution in [0.3, 0.4) is 0 Å². The van der Waals surface area contributed by atoms with Crippen LogP contribution in [0.2, 0.25) is 5.02 Å². The van der Waals surface area contributed by atoms with E-state index in [4.69, 9.17) is 16.3 Å². The first-order chi connectivity index (χ1) is 9.53. The normalized spacial score (nSPS) is 24.9. The van der Waals surface area contributed by atoms with E-state index < -0.39 is 0 Å². The van der Waals surface area contributed by atoms with Crippen molar-refractivity contribution in [3.05, 3.63) is 48.0 Å². The molecule has 0 bridgehead atoms. The summed E-state index contributed by atoms with van der Waals surface area (Å²) in [5.74, 6) is 0. The van der Waals surface area contributed by atoms with Crippen molar-refractivity contribution in [2.24, 2.45) is 5.41 Å². The second-order valence-electron chi connectivity index (χ2n) is 5.69. The first-order valence-electron chi connectivity index (χ1n) is 6.54. The topological polar surface area (TPSA) is 27.1 Å². The minimum Gasteiger partial charge on any atom is -0.377 e. The molecule has 3 nitrogen and oxygen atoms in total. The van der Waals surface area contributed by atoms with Gasteiger partial charge in [0.25, 0.3) is 0 Å². The third kappa shape index (κ3) is 2.26. The Balaban J connectivity index is 2.01. The predicted molar refractivity (Wildman–Crippen MR) is 82.1 cm³/mol. The molecule has 0 radical (unpaired) electrons. The minimum atomic E-state index is -0.183. The fraction of sp³-hybridized carbons (Fsp3) is 0.400. The molecule has 0 N–H and O–H groups in total. The molecule has 0 spiro atoms. The average Bonchev–Trinajstić information content (AvgIpc) is 3.02. The summed E-state index contributed by atoms with van der Waals surface area (Å²) in [4.78, 5) is 5.20. The summed E-state index contributed by atoms with van der Waals surface area (Å²) in [6, 6.07) is 7.96. The van der Waals surface area contributed by atoms with Crippen LogP contribution in [-0.2, 0) is 9.61 Å². The molecule has 5 heteroatoms. The van der Waals surface area contributed by atoms with Crippen molar-refractivity contribution in [2.75, 3.05) is 13.2 Å². The number of rotatable bonds is 3. The lowest BCUT2D eigenvalue weighted by molar-refractivity contribution is 0.166. The Morgan fingerprint density at radius 3 is 2.55 bits per heavy atom. The van der Waals surface area contributed by atoms with E-state index in [0.29, 0.717) is 6.61 Å². The van der Waals surface area contributed by atoms with Gasteiger partial charge in [-0.1, -0.05) is 37.2 Å². The molecular formula is C15H17ClN2OS. The lowest BCUT2D eigenvalue weighted by Crippen LogP contribution is -2.42. The highest BCUT2D eigenvalue weighted by Crippen LogP contribution is 2.53. The number of halogens is 1. The van der Waals surface area contributed by atoms with Gasteiger partial charge in [-0.05, 0) is 24.3 Å². The quantitative estimate of drug-likeness (QED) is 0.856. The highest BCUT2D eigenvalue weighted by atomic mass is 35.5. The number of hydrogen-bond acceptors (Lipinski definition) is 3. The van der Waals surface area contributed by atoms with Gasteiger partial charge in [-0.2, -0.15) is 0 Å². The highest BCUT2D eigenvalue weighted by Gasteiger charge is 2.52. The minimum absolute atomic E-state index is 0.0119. The van der Waals surface area contributed by atoms with E-state index in [9.17, 15) is 0 Å². The third-order valence-corrected chi connectivity index (χ3v) is 5.82. The molecule has 20 heavy (non-hydrogen) atoms. The summed E-state index contributed by atoms with van der Waals surface area (Å²) in [7, 11) is 0. The van der Waals surface area contributed by atoms with Crippen molar-refractivity contribution in [2.45, 2.75) is 23.6 Å². The summed E-state index contributed by atoms with van der Waals surface area (Å²) in [5.41, 5.74) is 0.0119. The number of nitrogens with zero attached hydrogens (tertiary/aromatic N) is 2. The van der Waals surface area contributed by atoms with Crippen molar-refractivity contribution >= 4 is 23.4 Å². The van der Waals surface area contributed by atoms with E-state index in [1.54, 1.807) is 0 Å². The third-order valence-electron chi connectivity index (χ3n) is 3.84. The summed E-state index contributed by atoms with van der Waals surface area (Å²) >= 11 is 7.78. The molecule has 1 aliphatic rings. The largest absolute Gasteiger partial charge is 0.377 e. The Morgan fingerprint density at radius 1 is 1.25 bits per heavy atom. The zero-order chi connectivity index (χ0) is 14.2. The van der Waals surface area contributed by atoms with E-state index in [1.807, 2.05) is 42.6 Å². The molecule has 1 unspecified atom stereocenters. The number of imidazole rings is 1. The number of ether oxygens (including phenoxy) is 1. The van der Waals surface area contributed by atoms with Crippen LogP contribution < -0.4 is 0 Å². The van der Waals surface area contributed by atoms with Gasteiger partial charge in [0.1, 0.15) is 4.87 Å². The fourth-order valence-electron chi connectivity index (χ4n) is 2.57. The summed E-state index contributed by atoms with van der Waals surface area (Å²) in [5, 5.41) is 0.757. The van der Waals surface area contributed by atoms with Gasteiger partial charge in [0.05, 0.1) is 19.5 Å². The van der Waals surface area contributed by atoms with Gasteiger partial charge in [0.15, 0.2) is 0 Å². The Morgan fingerprint density at radius 2 is 2.00 bits per heavy atom. The maximum atomic E-state index is 5.97. The zero-order valence-electron chi connectivity index (χ0n) is 11.5. The molecule has 1 aromatic carbocycles. The summed E-state index contributed by atoms with van der Waals surface area (Å²) in [6.45, 7) is 5.89. The Labute approximate surface area is 128 Å². The van der Waals surface area contributed by atoms with Crippen molar-refractivity contribution < 1.29 is 4.74 Å². The molecular weight excluding hydrogens is 292 g/mol. The Kier molecular flexibility index (Phi) is 3.56. The molecule has 106 valence electrons. The maximum Gasteiger partial charge on any atom is 0.126 e. The van der Waals surface area contributed by atoms with E-state index in [-0.39, 0.29) is 10.3 Å². The summed E-state index contributed by atoms with van der Waals surface area (Å²) in [6.07, 6.45) is 5.71. The van der Waals surface area contributed by atoms with Crippen LogP contribution in [0.5, 0.6) is 0 Å². The molecule has 1 saturated heterocycles. The smallest absolute Gasteiger partial charge is 0.126 e. The number of thioether (sulfide) groups is 1. The highest BCUT2D eigenvalue weighted by molar-refractivity contribution is 8.00. The molecule has 0 aliphatic carbocycles. The molecule has 2 heterocycles. The van der Waals surface area contributed by atoms with Gasteiger partial charge in [0.2, 0.25) is 0 Å². The van der Waals surface area contributed by atoms with Crippen molar-refractivity contribution in [1.82, 2.24) is 9.55 Å². The molecule has 1 aliphatic heterocycles. The second-order valence-corrected chi connectivity index (χ2v) is 7.47. The SMILES string of the molecule is CC1(C)COCC1(Sc1ccc(Cl)cc1)n1ccnc1. The molecule has 1 fully saturated rings. The average molecular weight is 309 g/mol. The van der Waals surface area contributed by atoms with E-state index in [1.165, 1.54) is 4.90 Å². The first-order valence-corrected chi connectivity index (χ1v) is 7.74. The molecule has 1 atom stereocenters. The second kappa shape index (κ2) is 5.10. The lowest BCUT2D eigenvalue weighted by Gasteiger charge is -2.40. The molecule has 1 aromatic heterocycles. The maximum absolute atomic E-state index is 5.97. The van der Waals surface area contributed by atoms with Crippen LogP contribution in [0.15, 0.2) is 47.9 Å². The van der Waals surface area contributed by atoms with Crippen LogP contribution in [0.1, 0.15) is 13.8 Å². The van der Waals surface area contributed by atoms with Crippen molar-refractivity contribution in [3.63, 3.8) is 0 Å². The van der Waals surface area contributed by atoms with Crippen LogP contribution >= 0.6 is 23.4 Å². The van der Waals surface area contributed by atoms with Gasteiger partial charge >= 0.3 is 0 Å². The van der Waals surface area contributed by atoms with Crippen LogP contribution in [0.25, 0.3) is 0 Å². The van der Waals surface area contributed by atoms with E-state index in [0.717, 1.165) is 11.6 Å². The zero-order valence-corrected chi connectivity index (χ0v) is 13.1. The van der Waals surface area contributed by atoms with Crippen LogP contribution in [0.4, 0.5) is 0 Å². The van der Waals surface area contributed by atoms with Crippen molar-refractivity contribution in [3.8, 4) is 0 Å². The molecule has 0 amide bonds. The lowest BCUT2D eigenvalue weighted by atomic mass is 9.87. The van der Waals surface area contributed by atoms with E-state index >= 15 is 0 Å². The Hall–Kier alpha value is -0.970. The molecule has 2 aromatic rings. The van der Waals surface area contributed by atoms with E-state index in [2.05, 4.69) is 35.5 Å². The summed E-state index contributed by atoms with van der Waals surface area (Å²) < 4.78 is 7.97. The standard InChI is InChI=1S/C15H17ClN2OS/c1-14(2)9-19-10-15(14,18-8-7-17-11-18)20-13-5-3-12(16)4-6-13/h3-8,11H,9-10H2,1-2H3. The van der Waals surface area contributed by atoms with Crippen LogP contribution in [0, 0.1) is 5.41 Å². The first kappa shape index (κ1) is 14.0. The Bertz CT molecular complexity index is 582. The number of hydrogen-bond donors (Lipinski definition) is 0. The number of aromatic nitrogens is 2. The van der Waals surface area contributed by atoms with Gasteiger partial charge < -0.3 is 9.30 Å². The van der Waals surface area contributed by atoms with Gasteiger partial charge in [-0.25, -0.2) is 4.98 Å². The van der Waals surface area contributed by atoms with Crippen LogP contribution in [-0.4, -0.2) is 22.8 Å². The monoisotopic (exact) mass is 308 g/mol. The van der Waals surface area contributed by atoms with Gasteiger partial charge in [-0.3, -0.25) is 0 Å². The molecule has 3 rings (SSSR count).